The summed E-state index contributed by atoms with van der Waals surface area (Å²) in [6, 6.07) is 9.11. The molecule has 0 saturated heterocycles. The number of aromatic nitrogens is 4. The Bertz CT molecular complexity index is 908. The molecule has 0 bridgehead atoms. The van der Waals surface area contributed by atoms with E-state index in [1.54, 1.807) is 30.1 Å². The Morgan fingerprint density at radius 2 is 2.21 bits per heavy atom. The Balaban J connectivity index is 1.80. The van der Waals surface area contributed by atoms with Crippen LogP contribution in [0.5, 0.6) is 0 Å². The largest absolute Gasteiger partial charge is 0.372 e. The molecule has 2 aromatic heterocycles. The summed E-state index contributed by atoms with van der Waals surface area (Å²) >= 11 is 0. The summed E-state index contributed by atoms with van der Waals surface area (Å²) in [4.78, 5) is 8.91. The van der Waals surface area contributed by atoms with Gasteiger partial charge in [0.1, 0.15) is 5.82 Å². The van der Waals surface area contributed by atoms with Crippen molar-refractivity contribution < 1.29 is 0 Å². The zero-order chi connectivity index (χ0) is 17.1. The van der Waals surface area contributed by atoms with Crippen LogP contribution in [0.2, 0.25) is 0 Å². The van der Waals surface area contributed by atoms with Crippen molar-refractivity contribution in [2.45, 2.75) is 6.04 Å². The van der Waals surface area contributed by atoms with E-state index in [1.165, 1.54) is 0 Å². The van der Waals surface area contributed by atoms with E-state index >= 15 is 0 Å². The highest BCUT2D eigenvalue weighted by atomic mass is 15.3. The van der Waals surface area contributed by atoms with Crippen LogP contribution in [-0.4, -0.2) is 33.3 Å². The molecule has 3 rings (SSSR count). The van der Waals surface area contributed by atoms with Gasteiger partial charge in [0, 0.05) is 26.7 Å². The van der Waals surface area contributed by atoms with Gasteiger partial charge in [0.25, 0.3) is 0 Å². The standard InChI is InChI=1S/C16H18N8/c1-19-14-12-8-21-24(2)15(12)23-16(22-14)20-9-13(18)11-5-3-4-10(6-11)7-17/h3-6,8,13H,9,18H2,1-2H3,(H2,19,20,22,23). The quantitative estimate of drug-likeness (QED) is 0.649. The summed E-state index contributed by atoms with van der Waals surface area (Å²) in [6.45, 7) is 0.446. The summed E-state index contributed by atoms with van der Waals surface area (Å²) in [7, 11) is 3.63. The number of fused-ring (bicyclic) bond motifs is 1. The molecule has 8 nitrogen and oxygen atoms in total. The van der Waals surface area contributed by atoms with Crippen molar-refractivity contribution in [2.75, 3.05) is 24.2 Å². The molecule has 1 unspecified atom stereocenters. The van der Waals surface area contributed by atoms with Crippen LogP contribution >= 0.6 is 0 Å². The molecule has 0 aliphatic carbocycles. The van der Waals surface area contributed by atoms with E-state index < -0.39 is 0 Å². The second kappa shape index (κ2) is 6.52. The monoisotopic (exact) mass is 322 g/mol. The number of nitrogens with zero attached hydrogens (tertiary/aromatic N) is 5. The lowest BCUT2D eigenvalue weighted by molar-refractivity contribution is 0.755. The van der Waals surface area contributed by atoms with Gasteiger partial charge in [-0.05, 0) is 17.7 Å². The maximum Gasteiger partial charge on any atom is 0.226 e. The van der Waals surface area contributed by atoms with Crippen molar-refractivity contribution in [3.8, 4) is 6.07 Å². The molecular formula is C16H18N8. The summed E-state index contributed by atoms with van der Waals surface area (Å²) in [5.41, 5.74) is 8.41. The lowest BCUT2D eigenvalue weighted by Crippen LogP contribution is -2.21. The van der Waals surface area contributed by atoms with Crippen LogP contribution in [0.4, 0.5) is 11.8 Å². The molecule has 24 heavy (non-hydrogen) atoms. The average molecular weight is 322 g/mol. The molecule has 0 aliphatic rings. The summed E-state index contributed by atoms with van der Waals surface area (Å²) in [6.07, 6.45) is 1.73. The third kappa shape index (κ3) is 2.98. The highest BCUT2D eigenvalue weighted by Gasteiger charge is 2.12. The van der Waals surface area contributed by atoms with E-state index in [2.05, 4.69) is 31.8 Å². The van der Waals surface area contributed by atoms with Crippen LogP contribution in [0.25, 0.3) is 11.0 Å². The number of anilines is 2. The van der Waals surface area contributed by atoms with Gasteiger partial charge >= 0.3 is 0 Å². The van der Waals surface area contributed by atoms with Gasteiger partial charge in [-0.1, -0.05) is 12.1 Å². The second-order valence-electron chi connectivity index (χ2n) is 5.38. The Labute approximate surface area is 139 Å². The molecule has 0 fully saturated rings. The summed E-state index contributed by atoms with van der Waals surface area (Å²) in [5.74, 6) is 1.18. The Kier molecular flexibility index (Phi) is 4.26. The van der Waals surface area contributed by atoms with Crippen LogP contribution in [0.15, 0.2) is 30.5 Å². The molecule has 0 amide bonds. The summed E-state index contributed by atoms with van der Waals surface area (Å²) < 4.78 is 1.69. The molecule has 0 spiro atoms. The van der Waals surface area contributed by atoms with Crippen LogP contribution < -0.4 is 16.4 Å². The third-order valence-electron chi connectivity index (χ3n) is 3.75. The predicted octanol–water partition coefficient (Wildman–Crippen LogP) is 1.39. The van der Waals surface area contributed by atoms with Crippen LogP contribution in [-0.2, 0) is 7.05 Å². The minimum absolute atomic E-state index is 0.276. The highest BCUT2D eigenvalue weighted by Crippen LogP contribution is 2.21. The van der Waals surface area contributed by atoms with Gasteiger partial charge in [-0.15, -0.1) is 0 Å². The van der Waals surface area contributed by atoms with Gasteiger partial charge in [-0.2, -0.15) is 20.3 Å². The molecule has 8 heteroatoms. The highest BCUT2D eigenvalue weighted by molar-refractivity contribution is 5.87. The van der Waals surface area contributed by atoms with Crippen molar-refractivity contribution in [1.82, 2.24) is 19.7 Å². The molecule has 3 aromatic rings. The molecule has 122 valence electrons. The first-order valence-electron chi connectivity index (χ1n) is 7.49. The predicted molar refractivity (Wildman–Crippen MR) is 92.4 cm³/mol. The normalized spacial score (nSPS) is 11.9. The third-order valence-corrected chi connectivity index (χ3v) is 3.75. The fourth-order valence-corrected chi connectivity index (χ4v) is 2.45. The minimum atomic E-state index is -0.276. The number of benzene rings is 1. The van der Waals surface area contributed by atoms with Gasteiger partial charge < -0.3 is 16.4 Å². The second-order valence-corrected chi connectivity index (χ2v) is 5.38. The lowest BCUT2D eigenvalue weighted by atomic mass is 10.1. The van der Waals surface area contributed by atoms with Gasteiger partial charge in [-0.3, -0.25) is 4.68 Å². The Hall–Kier alpha value is -3.18. The van der Waals surface area contributed by atoms with Gasteiger partial charge in [0.2, 0.25) is 5.95 Å². The number of nitrogens with two attached hydrogens (primary N) is 1. The SMILES string of the molecule is CNc1nc(NCC(N)c2cccc(C#N)c2)nc2c1cnn2C. The van der Waals surface area contributed by atoms with Crippen molar-refractivity contribution in [2.24, 2.45) is 12.8 Å². The van der Waals surface area contributed by atoms with Gasteiger partial charge in [0.05, 0.1) is 23.2 Å². The lowest BCUT2D eigenvalue weighted by Gasteiger charge is -2.14. The fourth-order valence-electron chi connectivity index (χ4n) is 2.45. The zero-order valence-corrected chi connectivity index (χ0v) is 13.5. The van der Waals surface area contributed by atoms with Crippen molar-refractivity contribution in [1.29, 1.82) is 5.26 Å². The molecule has 0 aliphatic heterocycles. The number of hydrogen-bond acceptors (Lipinski definition) is 7. The number of rotatable bonds is 5. The van der Waals surface area contributed by atoms with Gasteiger partial charge in [-0.25, -0.2) is 0 Å². The molecule has 0 saturated carbocycles. The average Bonchev–Trinajstić information content (AvgIpc) is 3.00. The summed E-state index contributed by atoms with van der Waals surface area (Å²) in [5, 5.41) is 20.2. The van der Waals surface area contributed by atoms with Crippen molar-refractivity contribution in [3.05, 3.63) is 41.6 Å². The smallest absolute Gasteiger partial charge is 0.226 e. The van der Waals surface area contributed by atoms with Crippen molar-refractivity contribution in [3.63, 3.8) is 0 Å². The molecule has 2 heterocycles. The Morgan fingerprint density at radius 3 is 2.96 bits per heavy atom. The Morgan fingerprint density at radius 1 is 1.38 bits per heavy atom. The maximum atomic E-state index is 8.97. The van der Waals surface area contributed by atoms with E-state index in [9.17, 15) is 0 Å². The van der Waals surface area contributed by atoms with Crippen LogP contribution in [0, 0.1) is 11.3 Å². The molecule has 4 N–H and O–H groups in total. The van der Waals surface area contributed by atoms with Gasteiger partial charge in [0.15, 0.2) is 5.65 Å². The molecule has 1 atom stereocenters. The number of nitriles is 1. The maximum absolute atomic E-state index is 8.97. The zero-order valence-electron chi connectivity index (χ0n) is 13.5. The first kappa shape index (κ1) is 15.7. The fraction of sp³-hybridized carbons (Fsp3) is 0.250. The number of aryl methyl sites for hydroxylation is 1. The van der Waals surface area contributed by atoms with E-state index in [1.807, 2.05) is 19.2 Å². The number of nitrogens with one attached hydrogen (secondary N) is 2. The van der Waals surface area contributed by atoms with E-state index in [4.69, 9.17) is 11.0 Å². The van der Waals surface area contributed by atoms with E-state index in [0.717, 1.165) is 16.6 Å². The minimum Gasteiger partial charge on any atom is -0.372 e. The van der Waals surface area contributed by atoms with Crippen LogP contribution in [0.1, 0.15) is 17.2 Å². The first-order valence-corrected chi connectivity index (χ1v) is 7.49. The molecule has 0 radical (unpaired) electrons. The number of hydrogen-bond donors (Lipinski definition) is 3. The molecular weight excluding hydrogens is 304 g/mol. The van der Waals surface area contributed by atoms with E-state index in [-0.39, 0.29) is 6.04 Å². The van der Waals surface area contributed by atoms with E-state index in [0.29, 0.717) is 23.9 Å². The molecule has 1 aromatic carbocycles. The van der Waals surface area contributed by atoms with Crippen molar-refractivity contribution >= 4 is 22.8 Å². The topological polar surface area (TPSA) is 117 Å². The first-order chi connectivity index (χ1) is 11.6. The van der Waals surface area contributed by atoms with Crippen LogP contribution in [0.3, 0.4) is 0 Å².